The quantitative estimate of drug-likeness (QED) is 0.811. The van der Waals surface area contributed by atoms with E-state index in [1.807, 2.05) is 0 Å². The van der Waals surface area contributed by atoms with Crippen molar-refractivity contribution >= 4 is 34.4 Å². The second-order valence-electron chi connectivity index (χ2n) is 7.34. The van der Waals surface area contributed by atoms with Crippen molar-refractivity contribution in [3.8, 4) is 5.75 Å². The molecule has 1 saturated heterocycles. The van der Waals surface area contributed by atoms with E-state index in [-0.39, 0.29) is 29.5 Å². The number of rotatable bonds is 4. The number of amides is 2. The van der Waals surface area contributed by atoms with Gasteiger partial charge in [0.2, 0.25) is 5.91 Å². The molecule has 1 aromatic carbocycles. The van der Waals surface area contributed by atoms with Gasteiger partial charge in [-0.05, 0) is 25.0 Å². The van der Waals surface area contributed by atoms with Crippen LogP contribution in [0.2, 0.25) is 5.02 Å². The molecule has 7 nitrogen and oxygen atoms in total. The molecule has 1 aliphatic heterocycles. The zero-order valence-corrected chi connectivity index (χ0v) is 17.0. The highest BCUT2D eigenvalue weighted by Gasteiger charge is 2.30. The van der Waals surface area contributed by atoms with Crippen LogP contribution in [0.1, 0.15) is 37.2 Å². The molecule has 1 aromatic heterocycles. The molecule has 8 heteroatoms. The number of hydrogen-bond donors (Lipinski definition) is 2. The standard InChI is InChI=1S/C20H25ClN2O5/c1-11(2)19(25)22-14-4-6-23(7-5-15(14)24)20(26)17-9-12-8-13(21)10-16(27-3)18(12)28-17/h8-11,14-15,24H,4-7H2,1-3H3,(H,22,25)/t14-,15-/m0/s1. The van der Waals surface area contributed by atoms with E-state index < -0.39 is 6.10 Å². The van der Waals surface area contributed by atoms with Crippen LogP contribution in [0.15, 0.2) is 22.6 Å². The molecule has 152 valence electrons. The van der Waals surface area contributed by atoms with E-state index in [1.165, 1.54) is 7.11 Å². The molecule has 0 spiro atoms. The minimum absolute atomic E-state index is 0.106. The Morgan fingerprint density at radius 3 is 2.68 bits per heavy atom. The topological polar surface area (TPSA) is 92.0 Å². The fourth-order valence-corrected chi connectivity index (χ4v) is 3.52. The number of ether oxygens (including phenoxy) is 1. The van der Waals surface area contributed by atoms with Crippen molar-refractivity contribution in [1.29, 1.82) is 0 Å². The Labute approximate surface area is 168 Å². The Morgan fingerprint density at radius 1 is 1.29 bits per heavy atom. The summed E-state index contributed by atoms with van der Waals surface area (Å²) >= 11 is 6.08. The predicted octanol–water partition coefficient (Wildman–Crippen LogP) is 2.83. The Bertz CT molecular complexity index is 879. The third-order valence-corrected chi connectivity index (χ3v) is 5.20. The Hall–Kier alpha value is -2.25. The fraction of sp³-hybridized carbons (Fsp3) is 0.500. The van der Waals surface area contributed by atoms with Gasteiger partial charge in [-0.2, -0.15) is 0 Å². The lowest BCUT2D eigenvalue weighted by molar-refractivity contribution is -0.125. The van der Waals surface area contributed by atoms with Crippen molar-refractivity contribution in [2.45, 2.75) is 38.8 Å². The molecule has 2 N–H and O–H groups in total. The van der Waals surface area contributed by atoms with Crippen LogP contribution in [0.4, 0.5) is 0 Å². The van der Waals surface area contributed by atoms with Crippen molar-refractivity contribution in [3.63, 3.8) is 0 Å². The van der Waals surface area contributed by atoms with E-state index in [4.69, 9.17) is 20.8 Å². The van der Waals surface area contributed by atoms with Gasteiger partial charge in [0.05, 0.1) is 19.3 Å². The van der Waals surface area contributed by atoms with Crippen molar-refractivity contribution in [1.82, 2.24) is 10.2 Å². The molecule has 0 aliphatic carbocycles. The first-order valence-corrected chi connectivity index (χ1v) is 9.72. The van der Waals surface area contributed by atoms with Crippen LogP contribution < -0.4 is 10.1 Å². The van der Waals surface area contributed by atoms with Gasteiger partial charge in [0, 0.05) is 35.5 Å². The molecule has 3 rings (SSSR count). The highest BCUT2D eigenvalue weighted by atomic mass is 35.5. The number of halogens is 1. The maximum Gasteiger partial charge on any atom is 0.289 e. The van der Waals surface area contributed by atoms with E-state index in [2.05, 4.69) is 5.32 Å². The predicted molar refractivity (Wildman–Crippen MR) is 106 cm³/mol. The first-order valence-electron chi connectivity index (χ1n) is 9.35. The minimum atomic E-state index is -0.699. The van der Waals surface area contributed by atoms with Crippen LogP contribution in [-0.4, -0.2) is 54.2 Å². The third-order valence-electron chi connectivity index (χ3n) is 4.99. The molecule has 0 radical (unpaired) electrons. The van der Waals surface area contributed by atoms with E-state index >= 15 is 0 Å². The molecule has 0 bridgehead atoms. The van der Waals surface area contributed by atoms with Gasteiger partial charge in [-0.3, -0.25) is 9.59 Å². The molecular formula is C20H25ClN2O5. The molecule has 0 unspecified atom stereocenters. The Morgan fingerprint density at radius 2 is 2.00 bits per heavy atom. The highest BCUT2D eigenvalue weighted by Crippen LogP contribution is 2.33. The number of likely N-dealkylation sites (tertiary alicyclic amines) is 1. The first-order chi connectivity index (χ1) is 13.3. The summed E-state index contributed by atoms with van der Waals surface area (Å²) in [5.74, 6) is 0.118. The minimum Gasteiger partial charge on any atom is -0.493 e. The number of nitrogens with one attached hydrogen (secondary N) is 1. The molecule has 2 atom stereocenters. The molecule has 0 saturated carbocycles. The van der Waals surface area contributed by atoms with Crippen molar-refractivity contribution in [2.75, 3.05) is 20.2 Å². The molecule has 1 fully saturated rings. The van der Waals surface area contributed by atoms with Crippen molar-refractivity contribution in [3.05, 3.63) is 29.0 Å². The lowest BCUT2D eigenvalue weighted by atomic mass is 10.1. The second kappa shape index (κ2) is 8.41. The Balaban J connectivity index is 1.76. The summed E-state index contributed by atoms with van der Waals surface area (Å²) in [6.07, 6.45) is 0.153. The average Bonchev–Trinajstić information content (AvgIpc) is 3.00. The number of fused-ring (bicyclic) bond motifs is 1. The second-order valence-corrected chi connectivity index (χ2v) is 7.78. The fourth-order valence-electron chi connectivity index (χ4n) is 3.31. The molecule has 2 amide bonds. The average molecular weight is 409 g/mol. The van der Waals surface area contributed by atoms with Gasteiger partial charge in [0.25, 0.3) is 5.91 Å². The summed E-state index contributed by atoms with van der Waals surface area (Å²) < 4.78 is 11.0. The maximum absolute atomic E-state index is 12.9. The summed E-state index contributed by atoms with van der Waals surface area (Å²) in [6, 6.07) is 4.61. The van der Waals surface area contributed by atoms with Gasteiger partial charge in [-0.25, -0.2) is 0 Å². The van der Waals surface area contributed by atoms with Gasteiger partial charge in [0.15, 0.2) is 17.1 Å². The highest BCUT2D eigenvalue weighted by molar-refractivity contribution is 6.31. The molecule has 28 heavy (non-hydrogen) atoms. The van der Waals surface area contributed by atoms with Crippen LogP contribution in [-0.2, 0) is 4.79 Å². The summed E-state index contributed by atoms with van der Waals surface area (Å²) in [7, 11) is 1.51. The van der Waals surface area contributed by atoms with Crippen LogP contribution in [0.3, 0.4) is 0 Å². The van der Waals surface area contributed by atoms with E-state index in [1.54, 1.807) is 36.9 Å². The lowest BCUT2D eigenvalue weighted by Gasteiger charge is -2.22. The van der Waals surface area contributed by atoms with E-state index in [0.29, 0.717) is 47.7 Å². The van der Waals surface area contributed by atoms with Crippen molar-refractivity contribution < 1.29 is 23.8 Å². The SMILES string of the molecule is COc1cc(Cl)cc2cc(C(=O)N3CC[C@H](NC(=O)C(C)C)[C@@H](O)CC3)oc12. The molecule has 2 aromatic rings. The molecule has 1 aliphatic rings. The van der Waals surface area contributed by atoms with E-state index in [0.717, 1.165) is 0 Å². The monoisotopic (exact) mass is 408 g/mol. The smallest absolute Gasteiger partial charge is 0.289 e. The maximum atomic E-state index is 12.9. The largest absolute Gasteiger partial charge is 0.493 e. The third kappa shape index (κ3) is 4.25. The first kappa shape index (κ1) is 20.5. The number of aliphatic hydroxyl groups is 1. The summed E-state index contributed by atoms with van der Waals surface area (Å²) in [4.78, 5) is 26.5. The molecule has 2 heterocycles. The van der Waals surface area contributed by atoms with E-state index in [9.17, 15) is 14.7 Å². The van der Waals surface area contributed by atoms with Crippen LogP contribution in [0, 0.1) is 5.92 Å². The number of furan rings is 1. The van der Waals surface area contributed by atoms with Crippen LogP contribution in [0.25, 0.3) is 11.0 Å². The number of nitrogens with zero attached hydrogens (tertiary/aromatic N) is 1. The number of methoxy groups -OCH3 is 1. The zero-order chi connectivity index (χ0) is 20.4. The number of benzene rings is 1. The van der Waals surface area contributed by atoms with Crippen LogP contribution >= 0.6 is 11.6 Å². The normalized spacial score (nSPS) is 20.3. The number of hydrogen-bond acceptors (Lipinski definition) is 5. The van der Waals surface area contributed by atoms with Crippen LogP contribution in [0.5, 0.6) is 5.75 Å². The zero-order valence-electron chi connectivity index (χ0n) is 16.2. The van der Waals surface area contributed by atoms with Crippen molar-refractivity contribution in [2.24, 2.45) is 5.92 Å². The van der Waals surface area contributed by atoms with Gasteiger partial charge >= 0.3 is 0 Å². The van der Waals surface area contributed by atoms with Gasteiger partial charge in [0.1, 0.15) is 0 Å². The summed E-state index contributed by atoms with van der Waals surface area (Å²) in [5.41, 5.74) is 0.465. The molecular weight excluding hydrogens is 384 g/mol. The number of carbonyl (C=O) groups is 2. The Kier molecular flexibility index (Phi) is 6.15. The number of carbonyl (C=O) groups excluding carboxylic acids is 2. The summed E-state index contributed by atoms with van der Waals surface area (Å²) in [6.45, 7) is 4.39. The van der Waals surface area contributed by atoms with Gasteiger partial charge in [-0.15, -0.1) is 0 Å². The van der Waals surface area contributed by atoms with Gasteiger partial charge in [-0.1, -0.05) is 25.4 Å². The number of aliphatic hydroxyl groups excluding tert-OH is 1. The summed E-state index contributed by atoms with van der Waals surface area (Å²) in [5, 5.41) is 14.4. The van der Waals surface area contributed by atoms with Gasteiger partial charge < -0.3 is 24.5 Å². The lowest BCUT2D eigenvalue weighted by Crippen LogP contribution is -2.44.